The van der Waals surface area contributed by atoms with E-state index < -0.39 is 30.4 Å². The molecule has 1 amide bonds. The lowest BCUT2D eigenvalue weighted by Crippen LogP contribution is -2.43. The summed E-state index contributed by atoms with van der Waals surface area (Å²) in [5.41, 5.74) is 1.82. The molecule has 0 unspecified atom stereocenters. The van der Waals surface area contributed by atoms with Crippen LogP contribution in [0.4, 0.5) is 0 Å². The molecule has 29 heavy (non-hydrogen) atoms. The van der Waals surface area contributed by atoms with E-state index in [1.54, 1.807) is 0 Å². The van der Waals surface area contributed by atoms with Crippen LogP contribution in [-0.4, -0.2) is 30.3 Å². The van der Waals surface area contributed by atoms with Crippen LogP contribution in [0.1, 0.15) is 44.2 Å². The summed E-state index contributed by atoms with van der Waals surface area (Å²) in [6.07, 6.45) is 1.21. The van der Waals surface area contributed by atoms with Crippen LogP contribution in [0.15, 0.2) is 60.7 Å². The van der Waals surface area contributed by atoms with Gasteiger partial charge in [0.25, 0.3) is 5.91 Å². The SMILES string of the molecule is CC[C@@H](C)[C@H](C(=O)OCC(=O)N[C@@H](Cc1ccccc1)C(C)=O)c1ccccc1. The van der Waals surface area contributed by atoms with E-state index >= 15 is 0 Å². The van der Waals surface area contributed by atoms with E-state index in [0.29, 0.717) is 6.42 Å². The average Bonchev–Trinajstić information content (AvgIpc) is 2.73. The molecule has 0 fully saturated rings. The summed E-state index contributed by atoms with van der Waals surface area (Å²) in [5.74, 6) is -1.40. The quantitative estimate of drug-likeness (QED) is 0.623. The highest BCUT2D eigenvalue weighted by molar-refractivity contribution is 5.89. The van der Waals surface area contributed by atoms with E-state index in [-0.39, 0.29) is 11.7 Å². The standard InChI is InChI=1S/C24H29NO4/c1-4-17(2)23(20-13-9-6-10-14-20)24(28)29-16-22(27)25-21(18(3)26)15-19-11-7-5-8-12-19/h5-14,17,21,23H,4,15-16H2,1-3H3,(H,25,27)/t17-,21+,23+/m1/s1. The second-order valence-corrected chi connectivity index (χ2v) is 7.30. The average molecular weight is 395 g/mol. The third kappa shape index (κ3) is 6.86. The highest BCUT2D eigenvalue weighted by Gasteiger charge is 2.28. The lowest BCUT2D eigenvalue weighted by atomic mass is 9.86. The van der Waals surface area contributed by atoms with Gasteiger partial charge in [0, 0.05) is 0 Å². The maximum absolute atomic E-state index is 12.7. The van der Waals surface area contributed by atoms with Crippen molar-refractivity contribution in [3.05, 3.63) is 71.8 Å². The fourth-order valence-corrected chi connectivity index (χ4v) is 3.20. The molecule has 0 saturated carbocycles. The molecule has 5 nitrogen and oxygen atoms in total. The van der Waals surface area contributed by atoms with Gasteiger partial charge in [-0.1, -0.05) is 80.9 Å². The molecule has 0 heterocycles. The summed E-state index contributed by atoms with van der Waals surface area (Å²) >= 11 is 0. The maximum Gasteiger partial charge on any atom is 0.314 e. The monoisotopic (exact) mass is 395 g/mol. The topological polar surface area (TPSA) is 72.5 Å². The smallest absolute Gasteiger partial charge is 0.314 e. The molecule has 3 atom stereocenters. The summed E-state index contributed by atoms with van der Waals surface area (Å²) in [4.78, 5) is 36.9. The summed E-state index contributed by atoms with van der Waals surface area (Å²) in [7, 11) is 0. The normalized spacial score (nSPS) is 13.8. The van der Waals surface area contributed by atoms with E-state index in [1.165, 1.54) is 6.92 Å². The van der Waals surface area contributed by atoms with Crippen LogP contribution in [0, 0.1) is 5.92 Å². The Morgan fingerprint density at radius 1 is 0.966 bits per heavy atom. The third-order valence-corrected chi connectivity index (χ3v) is 5.08. The number of esters is 1. The van der Waals surface area contributed by atoms with Crippen LogP contribution >= 0.6 is 0 Å². The molecular weight excluding hydrogens is 366 g/mol. The Hall–Kier alpha value is -2.95. The third-order valence-electron chi connectivity index (χ3n) is 5.08. The number of amides is 1. The number of hydrogen-bond donors (Lipinski definition) is 1. The molecule has 1 N–H and O–H groups in total. The van der Waals surface area contributed by atoms with Crippen LogP contribution in [0.3, 0.4) is 0 Å². The minimum absolute atomic E-state index is 0.0796. The van der Waals surface area contributed by atoms with Crippen LogP contribution in [0.25, 0.3) is 0 Å². The zero-order valence-electron chi connectivity index (χ0n) is 17.3. The predicted molar refractivity (Wildman–Crippen MR) is 112 cm³/mol. The van der Waals surface area contributed by atoms with Crippen LogP contribution in [-0.2, 0) is 25.5 Å². The van der Waals surface area contributed by atoms with Gasteiger partial charge in [0.1, 0.15) is 0 Å². The lowest BCUT2D eigenvalue weighted by Gasteiger charge is -2.22. The minimum atomic E-state index is -0.650. The Morgan fingerprint density at radius 3 is 2.10 bits per heavy atom. The van der Waals surface area contributed by atoms with Gasteiger partial charge in [-0.05, 0) is 30.4 Å². The zero-order chi connectivity index (χ0) is 21.2. The Labute approximate surface area is 172 Å². The van der Waals surface area contributed by atoms with Gasteiger partial charge >= 0.3 is 5.97 Å². The molecule has 2 aromatic carbocycles. The molecule has 0 radical (unpaired) electrons. The van der Waals surface area contributed by atoms with Crippen molar-refractivity contribution in [1.29, 1.82) is 0 Å². The fourth-order valence-electron chi connectivity index (χ4n) is 3.20. The molecule has 2 aromatic rings. The summed E-state index contributed by atoms with van der Waals surface area (Å²) in [6, 6.07) is 18.3. The molecule has 0 aromatic heterocycles. The van der Waals surface area contributed by atoms with Gasteiger partial charge in [-0.3, -0.25) is 14.4 Å². The van der Waals surface area contributed by atoms with E-state index in [2.05, 4.69) is 5.32 Å². The molecule has 0 bridgehead atoms. The number of ether oxygens (including phenoxy) is 1. The highest BCUT2D eigenvalue weighted by Crippen LogP contribution is 2.28. The molecule has 0 saturated heterocycles. The number of carbonyl (C=O) groups excluding carboxylic acids is 3. The van der Waals surface area contributed by atoms with E-state index in [4.69, 9.17) is 4.74 Å². The number of Topliss-reactive ketones (excluding diaryl/α,β-unsaturated/α-hetero) is 1. The van der Waals surface area contributed by atoms with Gasteiger partial charge in [-0.15, -0.1) is 0 Å². The molecule has 0 aliphatic carbocycles. The molecule has 5 heteroatoms. The molecule has 0 spiro atoms. The molecule has 0 aliphatic rings. The lowest BCUT2D eigenvalue weighted by molar-refractivity contribution is -0.151. The first-order valence-corrected chi connectivity index (χ1v) is 9.97. The Bertz CT molecular complexity index is 804. The highest BCUT2D eigenvalue weighted by atomic mass is 16.5. The fraction of sp³-hybridized carbons (Fsp3) is 0.375. The largest absolute Gasteiger partial charge is 0.455 e. The van der Waals surface area contributed by atoms with E-state index in [1.807, 2.05) is 74.5 Å². The van der Waals surface area contributed by atoms with Gasteiger partial charge in [0.05, 0.1) is 12.0 Å². The minimum Gasteiger partial charge on any atom is -0.455 e. The molecule has 154 valence electrons. The number of carbonyl (C=O) groups is 3. The van der Waals surface area contributed by atoms with Crippen molar-refractivity contribution in [1.82, 2.24) is 5.32 Å². The van der Waals surface area contributed by atoms with Crippen molar-refractivity contribution < 1.29 is 19.1 Å². The number of rotatable bonds is 10. The summed E-state index contributed by atoms with van der Waals surface area (Å²) in [5, 5.41) is 2.68. The van der Waals surface area contributed by atoms with Gasteiger partial charge in [-0.25, -0.2) is 0 Å². The first-order valence-electron chi connectivity index (χ1n) is 9.97. The van der Waals surface area contributed by atoms with Crippen molar-refractivity contribution in [2.75, 3.05) is 6.61 Å². The van der Waals surface area contributed by atoms with Crippen molar-refractivity contribution >= 4 is 17.7 Å². The second kappa shape index (κ2) is 11.1. The van der Waals surface area contributed by atoms with Gasteiger partial charge in [-0.2, -0.15) is 0 Å². The van der Waals surface area contributed by atoms with Crippen LogP contribution in [0.2, 0.25) is 0 Å². The first kappa shape index (κ1) is 22.3. The number of hydrogen-bond acceptors (Lipinski definition) is 4. The Morgan fingerprint density at radius 2 is 1.55 bits per heavy atom. The van der Waals surface area contributed by atoms with Crippen molar-refractivity contribution in [2.24, 2.45) is 5.92 Å². The zero-order valence-corrected chi connectivity index (χ0v) is 17.3. The number of ketones is 1. The molecular formula is C24H29NO4. The second-order valence-electron chi connectivity index (χ2n) is 7.30. The summed E-state index contributed by atoms with van der Waals surface area (Å²) in [6.45, 7) is 5.04. The maximum atomic E-state index is 12.7. The van der Waals surface area contributed by atoms with Crippen molar-refractivity contribution in [3.8, 4) is 0 Å². The van der Waals surface area contributed by atoms with Crippen molar-refractivity contribution in [2.45, 2.75) is 45.6 Å². The predicted octanol–water partition coefficient (Wildman–Crippen LogP) is 3.68. The van der Waals surface area contributed by atoms with Crippen molar-refractivity contribution in [3.63, 3.8) is 0 Å². The molecule has 2 rings (SSSR count). The van der Waals surface area contributed by atoms with Crippen LogP contribution in [0.5, 0.6) is 0 Å². The molecule has 0 aliphatic heterocycles. The van der Waals surface area contributed by atoms with E-state index in [9.17, 15) is 14.4 Å². The number of benzene rings is 2. The van der Waals surface area contributed by atoms with Crippen LogP contribution < -0.4 is 5.32 Å². The van der Waals surface area contributed by atoms with Gasteiger partial charge < -0.3 is 10.1 Å². The number of nitrogens with one attached hydrogen (secondary N) is 1. The van der Waals surface area contributed by atoms with E-state index in [0.717, 1.165) is 17.5 Å². The Kier molecular flexibility index (Phi) is 8.59. The summed E-state index contributed by atoms with van der Waals surface area (Å²) < 4.78 is 5.31. The van der Waals surface area contributed by atoms with Gasteiger partial charge in [0.2, 0.25) is 0 Å². The first-order chi connectivity index (χ1) is 13.9. The van der Waals surface area contributed by atoms with Gasteiger partial charge in [0.15, 0.2) is 12.4 Å². The Balaban J connectivity index is 1.96.